The lowest BCUT2D eigenvalue weighted by atomic mass is 9.90. The van der Waals surface area contributed by atoms with Crippen LogP contribution >= 0.6 is 0 Å². The smallest absolute Gasteiger partial charge is 0.0447 e. The van der Waals surface area contributed by atoms with E-state index in [4.69, 9.17) is 5.11 Å². The maximum atomic E-state index is 9.11. The minimum Gasteiger partial charge on any atom is -0.396 e. The summed E-state index contributed by atoms with van der Waals surface area (Å²) < 4.78 is 0. The maximum absolute atomic E-state index is 9.11. The molecule has 19 heavy (non-hydrogen) atoms. The first-order chi connectivity index (χ1) is 9.36. The molecule has 3 heteroatoms. The molecule has 0 heterocycles. The fourth-order valence-electron chi connectivity index (χ4n) is 2.64. The summed E-state index contributed by atoms with van der Waals surface area (Å²) in [6.45, 7) is 5.30. The molecule has 0 spiro atoms. The van der Waals surface area contributed by atoms with Gasteiger partial charge in [-0.1, -0.05) is 25.1 Å². The SMILES string of the molecule is CCNCc1ccccc1N(CCCO)C1CCC1. The van der Waals surface area contributed by atoms with Gasteiger partial charge in [-0.05, 0) is 43.9 Å². The van der Waals surface area contributed by atoms with Crippen LogP contribution in [0.4, 0.5) is 5.69 Å². The summed E-state index contributed by atoms with van der Waals surface area (Å²) in [7, 11) is 0. The van der Waals surface area contributed by atoms with Gasteiger partial charge in [0.15, 0.2) is 0 Å². The summed E-state index contributed by atoms with van der Waals surface area (Å²) in [5, 5.41) is 12.5. The summed E-state index contributed by atoms with van der Waals surface area (Å²) >= 11 is 0. The molecule has 106 valence electrons. The van der Waals surface area contributed by atoms with Crippen molar-refractivity contribution in [2.45, 2.75) is 45.2 Å². The highest BCUT2D eigenvalue weighted by Gasteiger charge is 2.25. The first-order valence-corrected chi connectivity index (χ1v) is 7.53. The topological polar surface area (TPSA) is 35.5 Å². The molecule has 1 fully saturated rings. The van der Waals surface area contributed by atoms with Crippen LogP contribution in [0, 0.1) is 0 Å². The predicted molar refractivity (Wildman–Crippen MR) is 80.5 cm³/mol. The molecule has 1 aliphatic carbocycles. The molecule has 0 aromatic heterocycles. The third-order valence-electron chi connectivity index (χ3n) is 3.94. The summed E-state index contributed by atoms with van der Waals surface area (Å²) in [4.78, 5) is 2.51. The first kappa shape index (κ1) is 14.4. The number of aliphatic hydroxyl groups excluding tert-OH is 1. The van der Waals surface area contributed by atoms with Crippen molar-refractivity contribution in [3.05, 3.63) is 29.8 Å². The normalized spacial score (nSPS) is 15.3. The molecular weight excluding hydrogens is 236 g/mol. The Hall–Kier alpha value is -1.06. The van der Waals surface area contributed by atoms with E-state index < -0.39 is 0 Å². The molecule has 0 aliphatic heterocycles. The second-order valence-corrected chi connectivity index (χ2v) is 5.26. The lowest BCUT2D eigenvalue weighted by Crippen LogP contribution is -2.41. The zero-order chi connectivity index (χ0) is 13.5. The molecule has 3 nitrogen and oxygen atoms in total. The number of hydrogen-bond donors (Lipinski definition) is 2. The lowest BCUT2D eigenvalue weighted by molar-refractivity contribution is 0.283. The van der Waals surface area contributed by atoms with Crippen molar-refractivity contribution in [1.29, 1.82) is 0 Å². The monoisotopic (exact) mass is 262 g/mol. The van der Waals surface area contributed by atoms with Gasteiger partial charge in [0.1, 0.15) is 0 Å². The van der Waals surface area contributed by atoms with E-state index in [0.717, 1.165) is 26.1 Å². The molecule has 1 aromatic carbocycles. The molecule has 0 saturated heterocycles. The van der Waals surface area contributed by atoms with Gasteiger partial charge in [0.05, 0.1) is 0 Å². The van der Waals surface area contributed by atoms with Crippen LogP contribution in [0.1, 0.15) is 38.2 Å². The molecule has 1 aromatic rings. The van der Waals surface area contributed by atoms with Crippen molar-refractivity contribution in [3.8, 4) is 0 Å². The number of nitrogens with zero attached hydrogens (tertiary/aromatic N) is 1. The highest BCUT2D eigenvalue weighted by Crippen LogP contribution is 2.31. The van der Waals surface area contributed by atoms with Crippen LogP contribution in [-0.2, 0) is 6.54 Å². The highest BCUT2D eigenvalue weighted by atomic mass is 16.3. The zero-order valence-electron chi connectivity index (χ0n) is 11.9. The molecule has 1 saturated carbocycles. The number of aliphatic hydroxyl groups is 1. The van der Waals surface area contributed by atoms with Crippen LogP contribution in [0.15, 0.2) is 24.3 Å². The minimum absolute atomic E-state index is 0.276. The molecule has 0 unspecified atom stereocenters. The van der Waals surface area contributed by atoms with Crippen LogP contribution in [0.2, 0.25) is 0 Å². The van der Waals surface area contributed by atoms with Crippen LogP contribution in [0.25, 0.3) is 0 Å². The van der Waals surface area contributed by atoms with Crippen molar-refractivity contribution in [3.63, 3.8) is 0 Å². The Bertz CT molecular complexity index is 377. The number of nitrogens with one attached hydrogen (secondary N) is 1. The number of rotatable bonds is 8. The van der Waals surface area contributed by atoms with Crippen molar-refractivity contribution < 1.29 is 5.11 Å². The molecule has 0 atom stereocenters. The summed E-state index contributed by atoms with van der Waals surface area (Å²) in [5.74, 6) is 0. The van der Waals surface area contributed by atoms with E-state index in [-0.39, 0.29) is 6.61 Å². The Morgan fingerprint density at radius 1 is 1.32 bits per heavy atom. The average Bonchev–Trinajstić information content (AvgIpc) is 2.39. The Morgan fingerprint density at radius 2 is 2.11 bits per heavy atom. The first-order valence-electron chi connectivity index (χ1n) is 7.53. The summed E-state index contributed by atoms with van der Waals surface area (Å²) in [6.07, 6.45) is 4.78. The van der Waals surface area contributed by atoms with Gasteiger partial charge in [-0.15, -0.1) is 0 Å². The predicted octanol–water partition coefficient (Wildman–Crippen LogP) is 2.54. The van der Waals surface area contributed by atoms with Gasteiger partial charge >= 0.3 is 0 Å². The average molecular weight is 262 g/mol. The number of anilines is 1. The highest BCUT2D eigenvalue weighted by molar-refractivity contribution is 5.54. The second-order valence-electron chi connectivity index (χ2n) is 5.26. The van der Waals surface area contributed by atoms with E-state index in [0.29, 0.717) is 6.04 Å². The third-order valence-corrected chi connectivity index (χ3v) is 3.94. The quantitative estimate of drug-likeness (QED) is 0.756. The van der Waals surface area contributed by atoms with Gasteiger partial charge in [-0.3, -0.25) is 0 Å². The Morgan fingerprint density at radius 3 is 2.74 bits per heavy atom. The number of benzene rings is 1. The van der Waals surface area contributed by atoms with E-state index in [1.54, 1.807) is 0 Å². The van der Waals surface area contributed by atoms with E-state index in [1.807, 2.05) is 0 Å². The summed E-state index contributed by atoms with van der Waals surface area (Å²) in [5.41, 5.74) is 2.72. The van der Waals surface area contributed by atoms with Gasteiger partial charge in [-0.2, -0.15) is 0 Å². The standard InChI is InChI=1S/C16H26N2O/c1-2-17-13-14-7-3-4-10-16(14)18(11-6-12-19)15-8-5-9-15/h3-4,7,10,15,17,19H,2,5-6,8-9,11-13H2,1H3. The number of hydrogen-bond acceptors (Lipinski definition) is 3. The molecule has 0 bridgehead atoms. The number of para-hydroxylation sites is 1. The fourth-order valence-corrected chi connectivity index (χ4v) is 2.64. The lowest BCUT2D eigenvalue weighted by Gasteiger charge is -2.40. The van der Waals surface area contributed by atoms with Gasteiger partial charge in [0.2, 0.25) is 0 Å². The minimum atomic E-state index is 0.276. The molecule has 0 amide bonds. The van der Waals surface area contributed by atoms with Gasteiger partial charge in [0.25, 0.3) is 0 Å². The van der Waals surface area contributed by atoms with E-state index in [9.17, 15) is 0 Å². The van der Waals surface area contributed by atoms with Gasteiger partial charge < -0.3 is 15.3 Å². The second kappa shape index (κ2) is 7.51. The van der Waals surface area contributed by atoms with Gasteiger partial charge in [-0.25, -0.2) is 0 Å². The maximum Gasteiger partial charge on any atom is 0.0447 e. The van der Waals surface area contributed by atoms with Crippen molar-refractivity contribution >= 4 is 5.69 Å². The largest absolute Gasteiger partial charge is 0.396 e. The van der Waals surface area contributed by atoms with Crippen molar-refractivity contribution in [2.24, 2.45) is 0 Å². The zero-order valence-corrected chi connectivity index (χ0v) is 11.9. The van der Waals surface area contributed by atoms with E-state index >= 15 is 0 Å². The molecule has 2 rings (SSSR count). The third kappa shape index (κ3) is 3.71. The van der Waals surface area contributed by atoms with Gasteiger partial charge in [0, 0.05) is 31.4 Å². The van der Waals surface area contributed by atoms with E-state index in [1.165, 1.54) is 30.5 Å². The molecule has 1 aliphatic rings. The molecule has 2 N–H and O–H groups in total. The Labute approximate surface area is 116 Å². The molecule has 0 radical (unpaired) electrons. The van der Waals surface area contributed by atoms with Crippen molar-refractivity contribution in [1.82, 2.24) is 5.32 Å². The van der Waals surface area contributed by atoms with Crippen LogP contribution in [0.5, 0.6) is 0 Å². The fraction of sp³-hybridized carbons (Fsp3) is 0.625. The molecular formula is C16H26N2O. The van der Waals surface area contributed by atoms with E-state index in [2.05, 4.69) is 41.4 Å². The van der Waals surface area contributed by atoms with Crippen LogP contribution in [0.3, 0.4) is 0 Å². The van der Waals surface area contributed by atoms with Crippen LogP contribution < -0.4 is 10.2 Å². The van der Waals surface area contributed by atoms with Crippen LogP contribution in [-0.4, -0.2) is 30.8 Å². The summed E-state index contributed by atoms with van der Waals surface area (Å²) in [6, 6.07) is 9.34. The Kier molecular flexibility index (Phi) is 5.67. The Balaban J connectivity index is 2.14. The van der Waals surface area contributed by atoms with Crippen molar-refractivity contribution in [2.75, 3.05) is 24.6 Å².